The van der Waals surface area contributed by atoms with E-state index in [-0.39, 0.29) is 0 Å². The Morgan fingerprint density at radius 3 is 2.57 bits per heavy atom. The van der Waals surface area contributed by atoms with E-state index in [1.54, 1.807) is 0 Å². The van der Waals surface area contributed by atoms with E-state index in [1.165, 1.54) is 17.3 Å². The molecule has 0 unspecified atom stereocenters. The Bertz CT molecular complexity index is 94.6. The van der Waals surface area contributed by atoms with Crippen molar-refractivity contribution < 1.29 is 4.58 Å². The molecule has 0 aromatic rings. The zero-order chi connectivity index (χ0) is 5.28. The molecule has 0 aromatic carbocycles. The Morgan fingerprint density at radius 2 is 2.43 bits per heavy atom. The minimum atomic E-state index is 1.23. The average molecular weight is 116 g/mol. The first-order valence-corrected chi connectivity index (χ1v) is 3.47. The van der Waals surface area contributed by atoms with Crippen molar-refractivity contribution in [3.05, 3.63) is 0 Å². The molecule has 0 spiro atoms. The highest BCUT2D eigenvalue weighted by atomic mass is 32.2. The number of nitrogens with zero attached hydrogens (tertiary/aromatic N) is 1. The van der Waals surface area contributed by atoms with Crippen molar-refractivity contribution in [2.75, 3.05) is 19.3 Å². The van der Waals surface area contributed by atoms with Gasteiger partial charge in [-0.2, -0.15) is 0 Å². The average Bonchev–Trinajstić information content (AvgIpc) is 1.91. The van der Waals surface area contributed by atoms with Gasteiger partial charge in [0.15, 0.2) is 6.54 Å². The summed E-state index contributed by atoms with van der Waals surface area (Å²) in [5, 5.41) is 1.46. The Kier molecular flexibility index (Phi) is 1.38. The fourth-order valence-corrected chi connectivity index (χ4v) is 1.57. The summed E-state index contributed by atoms with van der Waals surface area (Å²) < 4.78 is 2.28. The first-order chi connectivity index (χ1) is 3.30. The second-order valence-electron chi connectivity index (χ2n) is 1.79. The number of thioether (sulfide) groups is 1. The lowest BCUT2D eigenvalue weighted by atomic mass is 10.7. The molecule has 0 radical (unpaired) electrons. The molecule has 0 saturated heterocycles. The Balaban J connectivity index is 2.64. The zero-order valence-corrected chi connectivity index (χ0v) is 5.59. The Morgan fingerprint density at radius 1 is 1.71 bits per heavy atom. The van der Waals surface area contributed by atoms with E-state index in [2.05, 4.69) is 18.5 Å². The lowest BCUT2D eigenvalue weighted by Crippen LogP contribution is -2.04. The Labute approximate surface area is 48.4 Å². The van der Waals surface area contributed by atoms with Gasteiger partial charge in [-0.25, -0.2) is 4.58 Å². The highest BCUT2D eigenvalue weighted by Crippen LogP contribution is 2.08. The van der Waals surface area contributed by atoms with Crippen molar-refractivity contribution >= 4 is 16.8 Å². The second-order valence-corrected chi connectivity index (χ2v) is 3.08. The number of hydrogen-bond acceptors (Lipinski definition) is 1. The molecule has 1 rings (SSSR count). The fraction of sp³-hybridized carbons (Fsp3) is 0.800. The lowest BCUT2D eigenvalue weighted by molar-refractivity contribution is -0.486. The molecular weight excluding hydrogens is 106 g/mol. The molecule has 2 heteroatoms. The van der Waals surface area contributed by atoms with Gasteiger partial charge < -0.3 is 0 Å². The largest absolute Gasteiger partial charge is 0.230 e. The molecule has 1 aliphatic heterocycles. The SMILES string of the molecule is CC1=[N+](C)CCS1. The third-order valence-electron chi connectivity index (χ3n) is 1.28. The maximum absolute atomic E-state index is 2.28. The van der Waals surface area contributed by atoms with E-state index in [1.807, 2.05) is 11.8 Å². The minimum Gasteiger partial charge on any atom is -0.230 e. The van der Waals surface area contributed by atoms with Gasteiger partial charge in [0.1, 0.15) is 7.05 Å². The number of rotatable bonds is 0. The smallest absolute Gasteiger partial charge is 0.207 e. The van der Waals surface area contributed by atoms with Crippen molar-refractivity contribution in [3.63, 3.8) is 0 Å². The maximum atomic E-state index is 2.28. The van der Waals surface area contributed by atoms with Crippen LogP contribution in [0.4, 0.5) is 0 Å². The standard InChI is InChI=1S/C5H10NS/c1-5-6(2)3-4-7-5/h3-4H2,1-2H3/q+1. The predicted octanol–water partition coefficient (Wildman–Crippen LogP) is 0.794. The molecule has 0 N–H and O–H groups in total. The lowest BCUT2D eigenvalue weighted by Gasteiger charge is -1.81. The third-order valence-corrected chi connectivity index (χ3v) is 2.39. The monoisotopic (exact) mass is 116 g/mol. The minimum absolute atomic E-state index is 1.23. The highest BCUT2D eigenvalue weighted by molar-refractivity contribution is 8.13. The van der Waals surface area contributed by atoms with Gasteiger partial charge in [0, 0.05) is 6.92 Å². The molecule has 0 saturated carbocycles. The van der Waals surface area contributed by atoms with Gasteiger partial charge >= 0.3 is 0 Å². The normalized spacial score (nSPS) is 21.4. The van der Waals surface area contributed by atoms with E-state index in [0.717, 1.165) is 0 Å². The zero-order valence-electron chi connectivity index (χ0n) is 4.77. The van der Waals surface area contributed by atoms with E-state index in [4.69, 9.17) is 0 Å². The topological polar surface area (TPSA) is 3.01 Å². The molecule has 1 aliphatic rings. The van der Waals surface area contributed by atoms with Crippen molar-refractivity contribution in [3.8, 4) is 0 Å². The van der Waals surface area contributed by atoms with Crippen LogP contribution in [0, 0.1) is 0 Å². The van der Waals surface area contributed by atoms with Crippen LogP contribution in [0.3, 0.4) is 0 Å². The van der Waals surface area contributed by atoms with Crippen LogP contribution < -0.4 is 0 Å². The van der Waals surface area contributed by atoms with Crippen LogP contribution in [0.15, 0.2) is 0 Å². The molecule has 0 atom stereocenters. The summed E-state index contributed by atoms with van der Waals surface area (Å²) in [7, 11) is 2.13. The van der Waals surface area contributed by atoms with Crippen LogP contribution >= 0.6 is 11.8 Å². The fourth-order valence-electron chi connectivity index (χ4n) is 0.598. The van der Waals surface area contributed by atoms with Gasteiger partial charge in [-0.05, 0) is 0 Å². The summed E-state index contributed by atoms with van der Waals surface area (Å²) in [6.07, 6.45) is 0. The molecule has 1 nitrogen and oxygen atoms in total. The molecule has 0 fully saturated rings. The first-order valence-electron chi connectivity index (χ1n) is 2.48. The van der Waals surface area contributed by atoms with E-state index in [0.29, 0.717) is 0 Å². The Hall–Kier alpha value is 0.0200. The van der Waals surface area contributed by atoms with Gasteiger partial charge in [0.25, 0.3) is 0 Å². The van der Waals surface area contributed by atoms with Crippen LogP contribution in [0.5, 0.6) is 0 Å². The van der Waals surface area contributed by atoms with Gasteiger partial charge in [-0.3, -0.25) is 0 Å². The van der Waals surface area contributed by atoms with E-state index >= 15 is 0 Å². The second kappa shape index (κ2) is 1.86. The van der Waals surface area contributed by atoms with Crippen LogP contribution in [-0.2, 0) is 0 Å². The molecule has 0 amide bonds. The van der Waals surface area contributed by atoms with Crippen molar-refractivity contribution in [1.82, 2.24) is 0 Å². The summed E-state index contributed by atoms with van der Waals surface area (Å²) in [6, 6.07) is 0. The summed E-state index contributed by atoms with van der Waals surface area (Å²) in [5.74, 6) is 1.28. The molecule has 1 heterocycles. The van der Waals surface area contributed by atoms with Crippen molar-refractivity contribution in [1.29, 1.82) is 0 Å². The van der Waals surface area contributed by atoms with Gasteiger partial charge in [0.05, 0.1) is 5.75 Å². The summed E-state index contributed by atoms with van der Waals surface area (Å²) in [6.45, 7) is 3.40. The van der Waals surface area contributed by atoms with Gasteiger partial charge in [-0.1, -0.05) is 11.8 Å². The quantitative estimate of drug-likeness (QED) is 0.423. The van der Waals surface area contributed by atoms with Crippen LogP contribution in [-0.4, -0.2) is 29.0 Å². The highest BCUT2D eigenvalue weighted by Gasteiger charge is 2.12. The molecule has 7 heavy (non-hydrogen) atoms. The maximum Gasteiger partial charge on any atom is 0.207 e. The van der Waals surface area contributed by atoms with E-state index < -0.39 is 0 Å². The summed E-state index contributed by atoms with van der Waals surface area (Å²) in [4.78, 5) is 0. The third kappa shape index (κ3) is 0.969. The first kappa shape index (κ1) is 5.16. The molecular formula is C5H10NS+. The summed E-state index contributed by atoms with van der Waals surface area (Å²) in [5.41, 5.74) is 0. The van der Waals surface area contributed by atoms with Crippen LogP contribution in [0.25, 0.3) is 0 Å². The summed E-state index contributed by atoms with van der Waals surface area (Å²) >= 11 is 1.95. The van der Waals surface area contributed by atoms with Crippen LogP contribution in [0.2, 0.25) is 0 Å². The van der Waals surface area contributed by atoms with Crippen molar-refractivity contribution in [2.45, 2.75) is 6.92 Å². The van der Waals surface area contributed by atoms with Crippen LogP contribution in [0.1, 0.15) is 6.92 Å². The molecule has 0 aliphatic carbocycles. The number of hydrogen-bond donors (Lipinski definition) is 0. The molecule has 0 aromatic heterocycles. The molecule has 0 bridgehead atoms. The molecule has 40 valence electrons. The van der Waals surface area contributed by atoms with E-state index in [9.17, 15) is 0 Å². The van der Waals surface area contributed by atoms with Crippen molar-refractivity contribution in [2.24, 2.45) is 0 Å². The van der Waals surface area contributed by atoms with Gasteiger partial charge in [-0.15, -0.1) is 0 Å². The predicted molar refractivity (Wildman–Crippen MR) is 34.2 cm³/mol. The van der Waals surface area contributed by atoms with Gasteiger partial charge in [0.2, 0.25) is 5.04 Å².